The van der Waals surface area contributed by atoms with Gasteiger partial charge in [0.1, 0.15) is 16.9 Å². The van der Waals surface area contributed by atoms with Crippen molar-refractivity contribution in [1.29, 1.82) is 0 Å². The van der Waals surface area contributed by atoms with Gasteiger partial charge in [-0.1, -0.05) is 74.7 Å². The predicted octanol–water partition coefficient (Wildman–Crippen LogP) is 7.00. The third-order valence-electron chi connectivity index (χ3n) is 5.37. The van der Waals surface area contributed by atoms with E-state index >= 15 is 0 Å². The normalized spacial score (nSPS) is 16.3. The Morgan fingerprint density at radius 3 is 2.19 bits per heavy atom. The molecule has 3 unspecified atom stereocenters. The van der Waals surface area contributed by atoms with E-state index in [1.165, 1.54) is 32.9 Å². The van der Waals surface area contributed by atoms with E-state index in [9.17, 15) is 23.1 Å². The minimum absolute atomic E-state index is 0.155. The number of carbonyl (C=O) groups is 1. The van der Waals surface area contributed by atoms with Crippen LogP contribution in [0.1, 0.15) is 32.4 Å². The van der Waals surface area contributed by atoms with Crippen LogP contribution in [0.5, 0.6) is 11.5 Å². The molecule has 0 aliphatic heterocycles. The molecular formula is C23H25ClF3NO3S. The minimum Gasteiger partial charge on any atom is -0.481 e. The van der Waals surface area contributed by atoms with Crippen LogP contribution >= 0.6 is 24.4 Å². The van der Waals surface area contributed by atoms with Gasteiger partial charge in [0.15, 0.2) is 0 Å². The molecule has 4 nitrogen and oxygen atoms in total. The molecule has 2 aromatic rings. The van der Waals surface area contributed by atoms with Crippen LogP contribution in [0, 0.1) is 17.3 Å². The van der Waals surface area contributed by atoms with Gasteiger partial charge in [-0.25, -0.2) is 0 Å². The van der Waals surface area contributed by atoms with E-state index in [0.29, 0.717) is 11.5 Å². The Hall–Kier alpha value is -2.16. The number of halogens is 4. The van der Waals surface area contributed by atoms with E-state index < -0.39 is 35.4 Å². The molecule has 2 aromatic carbocycles. The smallest absolute Gasteiger partial charge is 0.396 e. The lowest BCUT2D eigenvalue weighted by atomic mass is 9.61. The Morgan fingerprint density at radius 2 is 1.72 bits per heavy atom. The van der Waals surface area contributed by atoms with Crippen molar-refractivity contribution in [2.45, 2.75) is 33.0 Å². The van der Waals surface area contributed by atoms with Gasteiger partial charge in [-0.3, -0.25) is 9.52 Å². The number of aliphatic carboxylic acids is 1. The lowest BCUT2D eigenvalue weighted by molar-refractivity contribution is -0.214. The van der Waals surface area contributed by atoms with E-state index in [1.54, 1.807) is 36.4 Å². The van der Waals surface area contributed by atoms with E-state index in [2.05, 4.69) is 17.5 Å². The quantitative estimate of drug-likeness (QED) is 0.333. The van der Waals surface area contributed by atoms with Crippen molar-refractivity contribution in [3.05, 3.63) is 71.3 Å². The summed E-state index contributed by atoms with van der Waals surface area (Å²) < 4.78 is 51.0. The van der Waals surface area contributed by atoms with Gasteiger partial charge in [0.05, 0.1) is 12.0 Å². The van der Waals surface area contributed by atoms with Crippen LogP contribution in [-0.4, -0.2) is 17.3 Å². The van der Waals surface area contributed by atoms with Gasteiger partial charge in [0, 0.05) is 5.03 Å². The van der Waals surface area contributed by atoms with Gasteiger partial charge < -0.3 is 9.84 Å². The number of nitrogens with one attached hydrogen (secondary N) is 1. The molecule has 0 radical (unpaired) electrons. The molecule has 0 heterocycles. The fourth-order valence-corrected chi connectivity index (χ4v) is 4.44. The number of ether oxygens (including phenoxy) is 1. The first-order valence-electron chi connectivity index (χ1n) is 9.81. The lowest BCUT2D eigenvalue weighted by Crippen LogP contribution is -2.54. The van der Waals surface area contributed by atoms with E-state index in [4.69, 9.17) is 16.3 Å². The Labute approximate surface area is 196 Å². The number of rotatable bonds is 9. The molecule has 32 heavy (non-hydrogen) atoms. The van der Waals surface area contributed by atoms with Gasteiger partial charge in [0.25, 0.3) is 0 Å². The van der Waals surface area contributed by atoms with Gasteiger partial charge >= 0.3 is 12.1 Å². The molecule has 0 aliphatic carbocycles. The second kappa shape index (κ2) is 10.6. The zero-order valence-corrected chi connectivity index (χ0v) is 19.4. The molecule has 0 spiro atoms. The van der Waals surface area contributed by atoms with Gasteiger partial charge in [-0.05, 0) is 42.7 Å². The molecule has 0 fully saturated rings. The van der Waals surface area contributed by atoms with Crippen molar-refractivity contribution in [2.75, 3.05) is 0 Å². The lowest BCUT2D eigenvalue weighted by Gasteiger charge is -2.45. The number of carboxylic acid groups (broad SMARTS) is 1. The summed E-state index contributed by atoms with van der Waals surface area (Å²) in [7, 11) is 0. The Balaban J connectivity index is 2.68. The number of alkyl halides is 3. The number of carboxylic acids is 1. The summed E-state index contributed by atoms with van der Waals surface area (Å²) in [6, 6.07) is 13.8. The highest BCUT2D eigenvalue weighted by atomic mass is 35.5. The highest BCUT2D eigenvalue weighted by Gasteiger charge is 2.62. The molecule has 174 valence electrons. The van der Waals surface area contributed by atoms with E-state index in [0.717, 1.165) is 6.08 Å². The van der Waals surface area contributed by atoms with Gasteiger partial charge in [0.2, 0.25) is 0 Å². The molecule has 0 amide bonds. The molecule has 2 N–H and O–H groups in total. The average Bonchev–Trinajstić information content (AvgIpc) is 2.70. The highest BCUT2D eigenvalue weighted by Crippen LogP contribution is 2.54. The number of para-hydroxylation sites is 1. The van der Waals surface area contributed by atoms with Crippen molar-refractivity contribution >= 4 is 30.4 Å². The largest absolute Gasteiger partial charge is 0.481 e. The summed E-state index contributed by atoms with van der Waals surface area (Å²) in [6.07, 6.45) is -4.13. The van der Waals surface area contributed by atoms with E-state index in [-0.39, 0.29) is 10.6 Å². The van der Waals surface area contributed by atoms with Crippen LogP contribution < -0.4 is 9.46 Å². The molecule has 9 heteroatoms. The summed E-state index contributed by atoms with van der Waals surface area (Å²) in [5.41, 5.74) is -2.08. The first kappa shape index (κ1) is 26.1. The zero-order chi connectivity index (χ0) is 24.1. The third-order valence-corrected chi connectivity index (χ3v) is 5.75. The van der Waals surface area contributed by atoms with Crippen LogP contribution in [0.25, 0.3) is 0 Å². The number of allylic oxidation sites excluding steroid dienone is 2. The summed E-state index contributed by atoms with van der Waals surface area (Å²) in [6.45, 7) is 4.16. The second-order valence-electron chi connectivity index (χ2n) is 7.72. The summed E-state index contributed by atoms with van der Waals surface area (Å²) in [5.74, 6) is -4.08. The van der Waals surface area contributed by atoms with Crippen molar-refractivity contribution in [3.8, 4) is 11.5 Å². The molecule has 0 bridgehead atoms. The first-order chi connectivity index (χ1) is 14.9. The molecule has 0 saturated carbocycles. The monoisotopic (exact) mass is 487 g/mol. The first-order valence-corrected chi connectivity index (χ1v) is 10.6. The third kappa shape index (κ3) is 5.60. The topological polar surface area (TPSA) is 58.6 Å². The molecule has 0 saturated heterocycles. The van der Waals surface area contributed by atoms with Gasteiger partial charge in [-0.15, -0.1) is 0 Å². The number of hydrogen-bond donors (Lipinski definition) is 3. The maximum Gasteiger partial charge on any atom is 0.396 e. The summed E-state index contributed by atoms with van der Waals surface area (Å²) in [4.78, 5) is 12.6. The Kier molecular flexibility index (Phi) is 8.67. The Bertz CT molecular complexity index is 949. The Morgan fingerprint density at radius 1 is 1.12 bits per heavy atom. The van der Waals surface area contributed by atoms with Gasteiger partial charge in [-0.2, -0.15) is 13.2 Å². The van der Waals surface area contributed by atoms with Crippen molar-refractivity contribution in [2.24, 2.45) is 17.3 Å². The molecule has 3 atom stereocenters. The maximum atomic E-state index is 14.2. The van der Waals surface area contributed by atoms with E-state index in [1.807, 2.05) is 6.07 Å². The predicted molar refractivity (Wildman–Crippen MR) is 122 cm³/mol. The number of hydrogen-bond acceptors (Lipinski definition) is 4. The minimum atomic E-state index is -4.88. The van der Waals surface area contributed by atoms with Crippen molar-refractivity contribution in [1.82, 2.24) is 4.72 Å². The van der Waals surface area contributed by atoms with Crippen molar-refractivity contribution < 1.29 is 27.8 Å². The highest BCUT2D eigenvalue weighted by molar-refractivity contribution is 7.78. The van der Waals surface area contributed by atoms with Crippen LogP contribution in [0.15, 0.2) is 65.7 Å². The summed E-state index contributed by atoms with van der Waals surface area (Å²) >= 11 is 9.86. The molecular weight excluding hydrogens is 463 g/mol. The fourth-order valence-electron chi connectivity index (χ4n) is 3.95. The van der Waals surface area contributed by atoms with Crippen molar-refractivity contribution in [3.63, 3.8) is 0 Å². The van der Waals surface area contributed by atoms with Crippen LogP contribution in [0.4, 0.5) is 13.2 Å². The van der Waals surface area contributed by atoms with Crippen LogP contribution in [-0.2, 0) is 4.79 Å². The molecule has 0 aliphatic rings. The zero-order valence-electron chi connectivity index (χ0n) is 17.7. The average molecular weight is 488 g/mol. The molecule has 0 aromatic heterocycles. The number of thiol groups is 1. The van der Waals surface area contributed by atoms with Crippen LogP contribution in [0.3, 0.4) is 0 Å². The number of benzene rings is 2. The standard InChI is InChI=1S/C23H25ClF3NO3S/c1-14(2)22(21(29)30,19(12-15(3)24)23(25,26)27)20(28-32)16-8-7-11-18(13-16)31-17-9-5-4-6-10-17/h4-14,19-20,28,32H,1-3H3,(H,29,30). The van der Waals surface area contributed by atoms with Crippen LogP contribution in [0.2, 0.25) is 0 Å². The fraction of sp³-hybridized carbons (Fsp3) is 0.348. The molecule has 2 rings (SSSR count). The summed E-state index contributed by atoms with van der Waals surface area (Å²) in [5, 5.41) is 10.1. The maximum absolute atomic E-state index is 14.2. The second-order valence-corrected chi connectivity index (χ2v) is 8.57. The SMILES string of the molecule is CC(Cl)=CC(C(F)(F)F)C(C(=O)O)(C(C)C)C(NS)c1cccc(Oc2ccccc2)c1.